The molecule has 0 N–H and O–H groups in total. The predicted molar refractivity (Wildman–Crippen MR) is 93.8 cm³/mol. The third-order valence-corrected chi connectivity index (χ3v) is 5.75. The molecule has 25 heavy (non-hydrogen) atoms. The molecule has 4 rings (SSSR count). The molecule has 1 aromatic heterocycles. The van der Waals surface area contributed by atoms with Gasteiger partial charge in [0, 0.05) is 37.8 Å². The number of aromatic nitrogens is 1. The van der Waals surface area contributed by atoms with Crippen LogP contribution < -0.4 is 0 Å². The van der Waals surface area contributed by atoms with Crippen molar-refractivity contribution in [1.29, 1.82) is 0 Å². The number of pyridine rings is 1. The Morgan fingerprint density at radius 2 is 1.96 bits per heavy atom. The molecule has 0 bridgehead atoms. The minimum absolute atomic E-state index is 0.0897. The maximum absolute atomic E-state index is 12.5. The van der Waals surface area contributed by atoms with E-state index in [0.717, 1.165) is 50.8 Å². The first-order valence-corrected chi connectivity index (χ1v) is 9.32. The van der Waals surface area contributed by atoms with E-state index in [-0.39, 0.29) is 17.6 Å². The minimum Gasteiger partial charge on any atom is -0.372 e. The molecule has 2 aliphatic heterocycles. The molecule has 3 heterocycles. The van der Waals surface area contributed by atoms with Crippen LogP contribution in [0.25, 0.3) is 0 Å². The summed E-state index contributed by atoms with van der Waals surface area (Å²) in [5, 5.41) is 0. The number of hydrogen-bond donors (Lipinski definition) is 0. The second-order valence-electron chi connectivity index (χ2n) is 7.45. The summed E-state index contributed by atoms with van der Waals surface area (Å²) < 4.78 is 12.2. The van der Waals surface area contributed by atoms with Gasteiger partial charge < -0.3 is 14.4 Å². The van der Waals surface area contributed by atoms with Crippen LogP contribution in [0, 0.1) is 5.92 Å². The van der Waals surface area contributed by atoms with Crippen LogP contribution in [0.4, 0.5) is 0 Å². The Kier molecular flexibility index (Phi) is 4.86. The maximum Gasteiger partial charge on any atom is 0.226 e. The molecule has 5 nitrogen and oxygen atoms in total. The summed E-state index contributed by atoms with van der Waals surface area (Å²) in [7, 11) is 0. The summed E-state index contributed by atoms with van der Waals surface area (Å²) in [6.45, 7) is 2.89. The zero-order valence-corrected chi connectivity index (χ0v) is 14.6. The van der Waals surface area contributed by atoms with Crippen LogP contribution in [-0.4, -0.2) is 47.2 Å². The number of hydrogen-bond acceptors (Lipinski definition) is 4. The molecule has 1 aromatic rings. The van der Waals surface area contributed by atoms with Crippen molar-refractivity contribution in [1.82, 2.24) is 9.88 Å². The average molecular weight is 342 g/mol. The van der Waals surface area contributed by atoms with Crippen LogP contribution >= 0.6 is 0 Å². The standard InChI is InChI=1S/C20H26N2O3/c23-19(17-3-1-2-4-17)22-11-7-20(8-12-22)13-18(15-25-20)24-14-16-5-9-21-10-6-16/h1-2,5-6,9-10,17-18H,3-4,7-8,11-15H2. The summed E-state index contributed by atoms with van der Waals surface area (Å²) >= 11 is 0. The normalized spacial score (nSPS) is 25.8. The van der Waals surface area contributed by atoms with E-state index in [1.807, 2.05) is 17.0 Å². The molecule has 2 fully saturated rings. The average Bonchev–Trinajstić information content (AvgIpc) is 3.32. The molecule has 0 radical (unpaired) electrons. The van der Waals surface area contributed by atoms with Crippen LogP contribution in [0.3, 0.4) is 0 Å². The van der Waals surface area contributed by atoms with Crippen molar-refractivity contribution < 1.29 is 14.3 Å². The lowest BCUT2D eigenvalue weighted by atomic mass is 9.87. The lowest BCUT2D eigenvalue weighted by molar-refractivity contribution is -0.139. The van der Waals surface area contributed by atoms with Gasteiger partial charge in [0.2, 0.25) is 5.91 Å². The van der Waals surface area contributed by atoms with Crippen molar-refractivity contribution in [3.05, 3.63) is 42.2 Å². The van der Waals surface area contributed by atoms with E-state index in [1.54, 1.807) is 12.4 Å². The highest BCUT2D eigenvalue weighted by Crippen LogP contribution is 2.38. The molecule has 5 heteroatoms. The summed E-state index contributed by atoms with van der Waals surface area (Å²) in [6, 6.07) is 3.96. The number of piperidine rings is 1. The van der Waals surface area contributed by atoms with Crippen molar-refractivity contribution in [2.75, 3.05) is 19.7 Å². The molecule has 2 saturated heterocycles. The quantitative estimate of drug-likeness (QED) is 0.790. The minimum atomic E-state index is -0.0897. The third kappa shape index (κ3) is 3.77. The fourth-order valence-electron chi connectivity index (χ4n) is 4.16. The number of amides is 1. The van der Waals surface area contributed by atoms with Gasteiger partial charge >= 0.3 is 0 Å². The number of allylic oxidation sites excluding steroid dienone is 2. The predicted octanol–water partition coefficient (Wildman–Crippen LogP) is 2.71. The summed E-state index contributed by atoms with van der Waals surface area (Å²) in [5.74, 6) is 0.498. The van der Waals surface area contributed by atoms with Crippen molar-refractivity contribution in [3.8, 4) is 0 Å². The topological polar surface area (TPSA) is 51.7 Å². The molecular weight excluding hydrogens is 316 g/mol. The van der Waals surface area contributed by atoms with E-state index in [9.17, 15) is 4.79 Å². The largest absolute Gasteiger partial charge is 0.372 e. The molecular formula is C20H26N2O3. The first kappa shape index (κ1) is 16.7. The second kappa shape index (κ2) is 7.26. The van der Waals surface area contributed by atoms with Gasteiger partial charge in [-0.1, -0.05) is 12.2 Å². The lowest BCUT2D eigenvalue weighted by Crippen LogP contribution is -2.48. The number of likely N-dealkylation sites (tertiary alicyclic amines) is 1. The highest BCUT2D eigenvalue weighted by Gasteiger charge is 2.44. The maximum atomic E-state index is 12.5. The van der Waals surface area contributed by atoms with Gasteiger partial charge in [-0.05, 0) is 43.4 Å². The van der Waals surface area contributed by atoms with Gasteiger partial charge in [-0.2, -0.15) is 0 Å². The summed E-state index contributed by atoms with van der Waals surface area (Å²) in [6.07, 6.45) is 12.6. The Morgan fingerprint density at radius 1 is 1.24 bits per heavy atom. The smallest absolute Gasteiger partial charge is 0.226 e. The van der Waals surface area contributed by atoms with Crippen molar-refractivity contribution in [3.63, 3.8) is 0 Å². The van der Waals surface area contributed by atoms with Gasteiger partial charge in [0.05, 0.1) is 24.9 Å². The number of nitrogens with zero attached hydrogens (tertiary/aromatic N) is 2. The second-order valence-corrected chi connectivity index (χ2v) is 7.45. The SMILES string of the molecule is O=C(C1CC=CC1)N1CCC2(CC1)CC(OCc1ccncc1)CO2. The van der Waals surface area contributed by atoms with Gasteiger partial charge in [-0.15, -0.1) is 0 Å². The van der Waals surface area contributed by atoms with Crippen LogP contribution in [0.5, 0.6) is 0 Å². The van der Waals surface area contributed by atoms with E-state index in [2.05, 4.69) is 17.1 Å². The Morgan fingerprint density at radius 3 is 2.68 bits per heavy atom. The van der Waals surface area contributed by atoms with E-state index in [1.165, 1.54) is 0 Å². The first-order valence-electron chi connectivity index (χ1n) is 9.32. The fraction of sp³-hybridized carbons (Fsp3) is 0.600. The monoisotopic (exact) mass is 342 g/mol. The van der Waals surface area contributed by atoms with Crippen LogP contribution in [0.15, 0.2) is 36.7 Å². The van der Waals surface area contributed by atoms with Gasteiger partial charge in [0.25, 0.3) is 0 Å². The zero-order valence-electron chi connectivity index (χ0n) is 14.6. The van der Waals surface area contributed by atoms with Crippen molar-refractivity contribution in [2.24, 2.45) is 5.92 Å². The van der Waals surface area contributed by atoms with Gasteiger partial charge in [-0.25, -0.2) is 0 Å². The lowest BCUT2D eigenvalue weighted by Gasteiger charge is -2.39. The zero-order chi connectivity index (χ0) is 17.1. The Balaban J connectivity index is 1.25. The summed E-state index contributed by atoms with van der Waals surface area (Å²) in [5.41, 5.74) is 1.05. The Hall–Kier alpha value is -1.72. The number of rotatable bonds is 4. The van der Waals surface area contributed by atoms with Gasteiger partial charge in [0.15, 0.2) is 0 Å². The molecule has 0 saturated carbocycles. The van der Waals surface area contributed by atoms with Gasteiger partial charge in [0.1, 0.15) is 0 Å². The Bertz CT molecular complexity index is 615. The third-order valence-electron chi connectivity index (χ3n) is 5.75. The molecule has 1 amide bonds. The van der Waals surface area contributed by atoms with Crippen LogP contribution in [-0.2, 0) is 20.9 Å². The molecule has 134 valence electrons. The van der Waals surface area contributed by atoms with E-state index in [4.69, 9.17) is 9.47 Å². The number of ether oxygens (including phenoxy) is 2. The van der Waals surface area contributed by atoms with E-state index in [0.29, 0.717) is 19.1 Å². The van der Waals surface area contributed by atoms with E-state index < -0.39 is 0 Å². The fourth-order valence-corrected chi connectivity index (χ4v) is 4.16. The highest BCUT2D eigenvalue weighted by molar-refractivity contribution is 5.79. The highest BCUT2D eigenvalue weighted by atomic mass is 16.6. The van der Waals surface area contributed by atoms with Crippen LogP contribution in [0.2, 0.25) is 0 Å². The molecule has 3 aliphatic rings. The number of carbonyl (C=O) groups is 1. The Labute approximate surface area is 149 Å². The molecule has 0 aromatic carbocycles. The molecule has 1 aliphatic carbocycles. The first-order chi connectivity index (χ1) is 12.2. The van der Waals surface area contributed by atoms with Gasteiger partial charge in [-0.3, -0.25) is 9.78 Å². The number of carbonyl (C=O) groups excluding carboxylic acids is 1. The molecule has 1 unspecified atom stereocenters. The molecule has 1 spiro atoms. The van der Waals surface area contributed by atoms with Crippen LogP contribution in [0.1, 0.15) is 37.7 Å². The van der Waals surface area contributed by atoms with Crippen molar-refractivity contribution in [2.45, 2.75) is 50.4 Å². The summed E-state index contributed by atoms with van der Waals surface area (Å²) in [4.78, 5) is 18.6. The van der Waals surface area contributed by atoms with Crippen molar-refractivity contribution >= 4 is 5.91 Å². The van der Waals surface area contributed by atoms with E-state index >= 15 is 0 Å². The molecule has 1 atom stereocenters.